The zero-order valence-electron chi connectivity index (χ0n) is 10.6. The van der Waals surface area contributed by atoms with Crippen LogP contribution in [0.2, 0.25) is 0 Å². The van der Waals surface area contributed by atoms with Crippen molar-refractivity contribution in [2.75, 3.05) is 18.2 Å². The van der Waals surface area contributed by atoms with Gasteiger partial charge < -0.3 is 15.8 Å². The van der Waals surface area contributed by atoms with Gasteiger partial charge in [0.05, 0.1) is 12.2 Å². The molecule has 19 heavy (non-hydrogen) atoms. The molecule has 0 aliphatic heterocycles. The summed E-state index contributed by atoms with van der Waals surface area (Å²) in [4.78, 5) is 15.9. The predicted molar refractivity (Wildman–Crippen MR) is 73.8 cm³/mol. The van der Waals surface area contributed by atoms with Gasteiger partial charge in [0.15, 0.2) is 0 Å². The number of nitrogens with two attached hydrogens (primary N) is 1. The summed E-state index contributed by atoms with van der Waals surface area (Å²) in [5.74, 6) is 0.160. The summed E-state index contributed by atoms with van der Waals surface area (Å²) < 4.78 is 5.09. The predicted octanol–water partition coefficient (Wildman–Crippen LogP) is 2.06. The fourth-order valence-electron chi connectivity index (χ4n) is 1.66. The first-order valence-corrected chi connectivity index (χ1v) is 5.80. The number of methoxy groups -OCH3 is 1. The second-order valence-corrected chi connectivity index (χ2v) is 4.02. The molecule has 0 saturated carbocycles. The minimum atomic E-state index is -0.226. The summed E-state index contributed by atoms with van der Waals surface area (Å²) in [7, 11) is 1.61. The third kappa shape index (κ3) is 3.29. The zero-order chi connectivity index (χ0) is 13.7. The summed E-state index contributed by atoms with van der Waals surface area (Å²) in [5, 5.41) is 2.83. The lowest BCUT2D eigenvalue weighted by atomic mass is 10.1. The minimum absolute atomic E-state index is 0.226. The number of amides is 1. The molecule has 0 fully saturated rings. The molecule has 5 nitrogen and oxygen atoms in total. The summed E-state index contributed by atoms with van der Waals surface area (Å²) >= 11 is 0. The van der Waals surface area contributed by atoms with Gasteiger partial charge in [0.25, 0.3) is 5.91 Å². The van der Waals surface area contributed by atoms with Crippen molar-refractivity contribution in [1.82, 2.24) is 4.98 Å². The molecule has 0 radical (unpaired) electrons. The molecule has 5 heteroatoms. The van der Waals surface area contributed by atoms with Gasteiger partial charge in [-0.3, -0.25) is 4.79 Å². The van der Waals surface area contributed by atoms with E-state index in [4.69, 9.17) is 10.5 Å². The van der Waals surface area contributed by atoms with Crippen LogP contribution in [0.5, 0.6) is 0 Å². The van der Waals surface area contributed by atoms with Crippen molar-refractivity contribution in [3.63, 3.8) is 0 Å². The number of nitrogens with one attached hydrogen (secondary N) is 1. The summed E-state index contributed by atoms with van der Waals surface area (Å²) in [5.41, 5.74) is 7.59. The van der Waals surface area contributed by atoms with Crippen LogP contribution in [0, 0.1) is 0 Å². The lowest BCUT2D eigenvalue weighted by Gasteiger charge is -2.10. The largest absolute Gasteiger partial charge is 0.384 e. The molecule has 0 bridgehead atoms. The summed E-state index contributed by atoms with van der Waals surface area (Å²) in [6, 6.07) is 10.7. The van der Waals surface area contributed by atoms with E-state index in [1.165, 1.54) is 6.20 Å². The summed E-state index contributed by atoms with van der Waals surface area (Å²) in [6.07, 6.45) is 1.45. The van der Waals surface area contributed by atoms with E-state index in [1.54, 1.807) is 19.2 Å². The number of anilines is 2. The minimum Gasteiger partial charge on any atom is -0.384 e. The third-order valence-electron chi connectivity index (χ3n) is 2.61. The quantitative estimate of drug-likeness (QED) is 0.879. The normalized spacial score (nSPS) is 10.2. The highest BCUT2D eigenvalue weighted by atomic mass is 16.5. The molecule has 0 aliphatic carbocycles. The fraction of sp³-hybridized carbons (Fsp3) is 0.143. The highest BCUT2D eigenvalue weighted by Crippen LogP contribution is 2.17. The van der Waals surface area contributed by atoms with Gasteiger partial charge in [-0.2, -0.15) is 0 Å². The first kappa shape index (κ1) is 13.0. The van der Waals surface area contributed by atoms with Gasteiger partial charge >= 0.3 is 0 Å². The topological polar surface area (TPSA) is 77.2 Å². The number of nitrogens with zero attached hydrogens (tertiary/aromatic N) is 1. The number of rotatable bonds is 4. The van der Waals surface area contributed by atoms with Crippen molar-refractivity contribution in [2.24, 2.45) is 0 Å². The third-order valence-corrected chi connectivity index (χ3v) is 2.61. The number of para-hydroxylation sites is 1. The van der Waals surface area contributed by atoms with Crippen LogP contribution in [0.25, 0.3) is 0 Å². The SMILES string of the molecule is COCc1ccccc1NC(=O)c1ccc(N)nc1. The number of hydrogen-bond donors (Lipinski definition) is 2. The number of aromatic nitrogens is 1. The number of nitrogen functional groups attached to an aromatic ring is 1. The van der Waals surface area contributed by atoms with E-state index in [0.717, 1.165) is 11.3 Å². The Morgan fingerprint density at radius 1 is 1.32 bits per heavy atom. The van der Waals surface area contributed by atoms with Crippen molar-refractivity contribution in [1.29, 1.82) is 0 Å². The number of carbonyl (C=O) groups excluding carboxylic acids is 1. The molecule has 0 unspecified atom stereocenters. The van der Waals surface area contributed by atoms with Crippen LogP contribution in [0.3, 0.4) is 0 Å². The molecule has 98 valence electrons. The van der Waals surface area contributed by atoms with E-state index >= 15 is 0 Å². The van der Waals surface area contributed by atoms with Gasteiger partial charge in [0, 0.05) is 24.6 Å². The maximum absolute atomic E-state index is 12.0. The molecule has 0 atom stereocenters. The molecular weight excluding hydrogens is 242 g/mol. The average molecular weight is 257 g/mol. The van der Waals surface area contributed by atoms with Crippen LogP contribution in [-0.4, -0.2) is 18.0 Å². The van der Waals surface area contributed by atoms with Crippen LogP contribution in [0.4, 0.5) is 11.5 Å². The highest BCUT2D eigenvalue weighted by molar-refractivity contribution is 6.04. The molecule has 1 amide bonds. The van der Waals surface area contributed by atoms with Gasteiger partial charge in [-0.25, -0.2) is 4.98 Å². The van der Waals surface area contributed by atoms with Crippen molar-refractivity contribution in [2.45, 2.75) is 6.61 Å². The molecule has 1 aromatic heterocycles. The van der Waals surface area contributed by atoms with E-state index in [2.05, 4.69) is 10.3 Å². The molecule has 1 aromatic carbocycles. The Bertz CT molecular complexity index is 567. The molecule has 1 heterocycles. The Morgan fingerprint density at radius 2 is 2.11 bits per heavy atom. The standard InChI is InChI=1S/C14H15N3O2/c1-19-9-11-4-2-3-5-12(11)17-14(18)10-6-7-13(15)16-8-10/h2-8H,9H2,1H3,(H2,15,16)(H,17,18). The Hall–Kier alpha value is -2.40. The first-order valence-electron chi connectivity index (χ1n) is 5.80. The number of pyridine rings is 1. The lowest BCUT2D eigenvalue weighted by Crippen LogP contribution is -2.14. The van der Waals surface area contributed by atoms with Crippen molar-refractivity contribution >= 4 is 17.4 Å². The van der Waals surface area contributed by atoms with Gasteiger partial charge in [0.1, 0.15) is 5.82 Å². The van der Waals surface area contributed by atoms with Gasteiger partial charge in [-0.05, 0) is 18.2 Å². The Kier molecular flexibility index (Phi) is 4.10. The number of carbonyl (C=O) groups is 1. The lowest BCUT2D eigenvalue weighted by molar-refractivity contribution is 0.102. The van der Waals surface area contributed by atoms with Gasteiger partial charge in [0.2, 0.25) is 0 Å². The molecule has 0 aliphatic rings. The van der Waals surface area contributed by atoms with Gasteiger partial charge in [-0.15, -0.1) is 0 Å². The Morgan fingerprint density at radius 3 is 2.79 bits per heavy atom. The van der Waals surface area contributed by atoms with E-state index in [1.807, 2.05) is 24.3 Å². The molecule has 2 rings (SSSR count). The van der Waals surface area contributed by atoms with Crippen LogP contribution in [0.1, 0.15) is 15.9 Å². The molecule has 0 saturated heterocycles. The molecule has 2 aromatic rings. The van der Waals surface area contributed by atoms with Crippen LogP contribution in [-0.2, 0) is 11.3 Å². The number of ether oxygens (including phenoxy) is 1. The van der Waals surface area contributed by atoms with Crippen LogP contribution < -0.4 is 11.1 Å². The average Bonchev–Trinajstić information content (AvgIpc) is 2.42. The van der Waals surface area contributed by atoms with E-state index in [9.17, 15) is 4.79 Å². The van der Waals surface area contributed by atoms with E-state index in [-0.39, 0.29) is 5.91 Å². The fourth-order valence-corrected chi connectivity index (χ4v) is 1.66. The van der Waals surface area contributed by atoms with Crippen molar-refractivity contribution < 1.29 is 9.53 Å². The van der Waals surface area contributed by atoms with Gasteiger partial charge in [-0.1, -0.05) is 18.2 Å². The Labute approximate surface area is 111 Å². The van der Waals surface area contributed by atoms with E-state index in [0.29, 0.717) is 18.0 Å². The van der Waals surface area contributed by atoms with Crippen molar-refractivity contribution in [3.05, 3.63) is 53.7 Å². The molecular formula is C14H15N3O2. The zero-order valence-corrected chi connectivity index (χ0v) is 10.6. The molecule has 3 N–H and O–H groups in total. The second-order valence-electron chi connectivity index (χ2n) is 4.02. The Balaban J connectivity index is 2.16. The monoisotopic (exact) mass is 257 g/mol. The maximum Gasteiger partial charge on any atom is 0.257 e. The van der Waals surface area contributed by atoms with Crippen LogP contribution in [0.15, 0.2) is 42.6 Å². The van der Waals surface area contributed by atoms with Crippen LogP contribution >= 0.6 is 0 Å². The smallest absolute Gasteiger partial charge is 0.257 e. The molecule has 0 spiro atoms. The summed E-state index contributed by atoms with van der Waals surface area (Å²) in [6.45, 7) is 0.441. The van der Waals surface area contributed by atoms with Crippen molar-refractivity contribution in [3.8, 4) is 0 Å². The maximum atomic E-state index is 12.0. The second kappa shape index (κ2) is 5.97. The number of benzene rings is 1. The van der Waals surface area contributed by atoms with E-state index < -0.39 is 0 Å². The number of hydrogen-bond acceptors (Lipinski definition) is 4. The highest BCUT2D eigenvalue weighted by Gasteiger charge is 2.09. The first-order chi connectivity index (χ1) is 9.20.